The number of nitrogens with one attached hydrogen (secondary N) is 1. The summed E-state index contributed by atoms with van der Waals surface area (Å²) in [5, 5.41) is 18.0. The van der Waals surface area contributed by atoms with Gasteiger partial charge in [-0.05, 0) is 32.9 Å². The smallest absolute Gasteiger partial charge is 0.126 e. The van der Waals surface area contributed by atoms with Crippen molar-refractivity contribution in [1.29, 1.82) is 5.41 Å². The van der Waals surface area contributed by atoms with Crippen LogP contribution in [0.15, 0.2) is 18.2 Å². The van der Waals surface area contributed by atoms with Gasteiger partial charge in [0, 0.05) is 18.8 Å². The molecule has 1 rings (SSSR count). The fourth-order valence-corrected chi connectivity index (χ4v) is 2.15. The normalized spacial score (nSPS) is 11.4. The van der Waals surface area contributed by atoms with Gasteiger partial charge >= 0.3 is 0 Å². The Balaban J connectivity index is 3.21. The molecule has 0 unspecified atom stereocenters. The minimum absolute atomic E-state index is 0.0650. The van der Waals surface area contributed by atoms with E-state index in [9.17, 15) is 5.11 Å². The maximum Gasteiger partial charge on any atom is 0.126 e. The molecule has 0 fully saturated rings. The van der Waals surface area contributed by atoms with Crippen LogP contribution in [-0.2, 0) is 0 Å². The molecular formula is C13H20ClN3O. The standard InChI is InChI=1S/C13H20ClN3O/c1-4-17(8-13(2,3)18)10-7-5-6-9(14)11(10)12(15)16/h5-7,18H,4,8H2,1-3H3,(H3,15,16). The van der Waals surface area contributed by atoms with Gasteiger partial charge in [-0.25, -0.2) is 0 Å². The summed E-state index contributed by atoms with van der Waals surface area (Å²) in [7, 11) is 0. The quantitative estimate of drug-likeness (QED) is 0.567. The zero-order valence-corrected chi connectivity index (χ0v) is 11.8. The average molecular weight is 270 g/mol. The molecule has 1 aromatic carbocycles. The third-order valence-corrected chi connectivity index (χ3v) is 2.88. The van der Waals surface area contributed by atoms with Gasteiger partial charge in [-0.15, -0.1) is 0 Å². The van der Waals surface area contributed by atoms with Gasteiger partial charge in [0.1, 0.15) is 5.84 Å². The van der Waals surface area contributed by atoms with Gasteiger partial charge in [-0.3, -0.25) is 5.41 Å². The van der Waals surface area contributed by atoms with E-state index in [0.29, 0.717) is 23.7 Å². The monoisotopic (exact) mass is 269 g/mol. The number of halogens is 1. The number of likely N-dealkylation sites (N-methyl/N-ethyl adjacent to an activating group) is 1. The van der Waals surface area contributed by atoms with Crippen molar-refractivity contribution in [3.63, 3.8) is 0 Å². The minimum Gasteiger partial charge on any atom is -0.389 e. The number of rotatable bonds is 5. The van der Waals surface area contributed by atoms with E-state index in [1.807, 2.05) is 24.0 Å². The van der Waals surface area contributed by atoms with Gasteiger partial charge in [0.2, 0.25) is 0 Å². The molecule has 4 nitrogen and oxygen atoms in total. The lowest BCUT2D eigenvalue weighted by Crippen LogP contribution is -2.39. The van der Waals surface area contributed by atoms with Crippen LogP contribution in [0.25, 0.3) is 0 Å². The van der Waals surface area contributed by atoms with Crippen LogP contribution in [-0.4, -0.2) is 29.6 Å². The highest BCUT2D eigenvalue weighted by Gasteiger charge is 2.21. The van der Waals surface area contributed by atoms with Gasteiger partial charge in [-0.2, -0.15) is 0 Å². The highest BCUT2D eigenvalue weighted by molar-refractivity contribution is 6.34. The summed E-state index contributed by atoms with van der Waals surface area (Å²) >= 11 is 6.09. The predicted molar refractivity (Wildman–Crippen MR) is 76.7 cm³/mol. The van der Waals surface area contributed by atoms with Crippen molar-refractivity contribution >= 4 is 23.1 Å². The molecule has 0 aliphatic heterocycles. The lowest BCUT2D eigenvalue weighted by atomic mass is 10.1. The summed E-state index contributed by atoms with van der Waals surface area (Å²) in [6.07, 6.45) is 0. The summed E-state index contributed by atoms with van der Waals surface area (Å²) in [4.78, 5) is 1.96. The number of hydrogen-bond donors (Lipinski definition) is 3. The zero-order chi connectivity index (χ0) is 13.9. The first-order valence-electron chi connectivity index (χ1n) is 5.86. The highest BCUT2D eigenvalue weighted by atomic mass is 35.5. The number of hydrogen-bond acceptors (Lipinski definition) is 3. The number of amidine groups is 1. The van der Waals surface area contributed by atoms with E-state index in [2.05, 4.69) is 0 Å². The maximum atomic E-state index is 9.92. The molecule has 0 saturated carbocycles. The maximum absolute atomic E-state index is 9.92. The van der Waals surface area contributed by atoms with Gasteiger partial charge in [-0.1, -0.05) is 17.7 Å². The molecule has 100 valence electrons. The van der Waals surface area contributed by atoms with Crippen molar-refractivity contribution < 1.29 is 5.11 Å². The summed E-state index contributed by atoms with van der Waals surface area (Å²) in [6, 6.07) is 5.38. The van der Waals surface area contributed by atoms with Crippen LogP contribution in [0, 0.1) is 5.41 Å². The second-order valence-electron chi connectivity index (χ2n) is 4.87. The highest BCUT2D eigenvalue weighted by Crippen LogP contribution is 2.28. The third-order valence-electron chi connectivity index (χ3n) is 2.56. The van der Waals surface area contributed by atoms with Crippen molar-refractivity contribution in [2.75, 3.05) is 18.0 Å². The fraction of sp³-hybridized carbons (Fsp3) is 0.462. The number of nitrogens with zero attached hydrogens (tertiary/aromatic N) is 1. The number of aliphatic hydroxyl groups is 1. The lowest BCUT2D eigenvalue weighted by Gasteiger charge is -2.31. The SMILES string of the molecule is CCN(CC(C)(C)O)c1cccc(Cl)c1C(=N)N. The number of anilines is 1. The molecule has 18 heavy (non-hydrogen) atoms. The Kier molecular flexibility index (Phi) is 4.59. The molecule has 0 radical (unpaired) electrons. The Morgan fingerprint density at radius 1 is 1.50 bits per heavy atom. The molecule has 0 bridgehead atoms. The van der Waals surface area contributed by atoms with Crippen molar-refractivity contribution in [3.05, 3.63) is 28.8 Å². The molecule has 1 aromatic rings. The Bertz CT molecular complexity index is 440. The Hall–Kier alpha value is -1.26. The summed E-state index contributed by atoms with van der Waals surface area (Å²) < 4.78 is 0. The van der Waals surface area contributed by atoms with E-state index in [4.69, 9.17) is 22.7 Å². The summed E-state index contributed by atoms with van der Waals surface area (Å²) in [6.45, 7) is 6.62. The molecule has 0 atom stereocenters. The van der Waals surface area contributed by atoms with Crippen LogP contribution in [0.4, 0.5) is 5.69 Å². The minimum atomic E-state index is -0.827. The molecule has 5 heteroatoms. The van der Waals surface area contributed by atoms with Crippen molar-refractivity contribution in [1.82, 2.24) is 0 Å². The first-order chi connectivity index (χ1) is 8.26. The van der Waals surface area contributed by atoms with E-state index >= 15 is 0 Å². The molecule has 0 aliphatic rings. The van der Waals surface area contributed by atoms with Gasteiger partial charge in [0.15, 0.2) is 0 Å². The molecule has 0 amide bonds. The lowest BCUT2D eigenvalue weighted by molar-refractivity contribution is 0.0876. The zero-order valence-electron chi connectivity index (χ0n) is 11.0. The molecule has 0 aromatic heterocycles. The van der Waals surface area contributed by atoms with Gasteiger partial charge < -0.3 is 15.7 Å². The second-order valence-corrected chi connectivity index (χ2v) is 5.28. The van der Waals surface area contributed by atoms with Crippen LogP contribution in [0.5, 0.6) is 0 Å². The van der Waals surface area contributed by atoms with Gasteiger partial charge in [0.05, 0.1) is 16.2 Å². The predicted octanol–water partition coefficient (Wildman–Crippen LogP) is 2.22. The summed E-state index contributed by atoms with van der Waals surface area (Å²) in [5.41, 5.74) is 6.05. The largest absolute Gasteiger partial charge is 0.389 e. The van der Waals surface area contributed by atoms with Crippen LogP contribution in [0.1, 0.15) is 26.3 Å². The Labute approximate surface area is 113 Å². The molecule has 4 N–H and O–H groups in total. The third kappa shape index (κ3) is 3.62. The Morgan fingerprint density at radius 3 is 2.56 bits per heavy atom. The molecule has 0 spiro atoms. The van der Waals surface area contributed by atoms with E-state index in [-0.39, 0.29) is 5.84 Å². The molecule has 0 aliphatic carbocycles. The number of benzene rings is 1. The average Bonchev–Trinajstić information content (AvgIpc) is 2.23. The van der Waals surface area contributed by atoms with Crippen molar-refractivity contribution in [3.8, 4) is 0 Å². The fourth-order valence-electron chi connectivity index (χ4n) is 1.88. The topological polar surface area (TPSA) is 73.3 Å². The van der Waals surface area contributed by atoms with Crippen molar-refractivity contribution in [2.24, 2.45) is 5.73 Å². The summed E-state index contributed by atoms with van der Waals surface area (Å²) in [5.74, 6) is -0.0650. The van der Waals surface area contributed by atoms with E-state index in [0.717, 1.165) is 5.69 Å². The molecular weight excluding hydrogens is 250 g/mol. The van der Waals surface area contributed by atoms with Crippen LogP contribution in [0.3, 0.4) is 0 Å². The molecule has 0 saturated heterocycles. The van der Waals surface area contributed by atoms with E-state index in [1.54, 1.807) is 19.9 Å². The van der Waals surface area contributed by atoms with E-state index in [1.165, 1.54) is 0 Å². The molecule has 0 heterocycles. The first-order valence-corrected chi connectivity index (χ1v) is 6.24. The first kappa shape index (κ1) is 14.8. The number of nitrogens with two attached hydrogens (primary N) is 1. The van der Waals surface area contributed by atoms with Crippen molar-refractivity contribution in [2.45, 2.75) is 26.4 Å². The van der Waals surface area contributed by atoms with Crippen LogP contribution in [0.2, 0.25) is 5.02 Å². The van der Waals surface area contributed by atoms with E-state index < -0.39 is 5.60 Å². The van der Waals surface area contributed by atoms with Crippen LogP contribution >= 0.6 is 11.6 Å². The second kappa shape index (κ2) is 5.59. The Morgan fingerprint density at radius 2 is 2.11 bits per heavy atom. The van der Waals surface area contributed by atoms with Crippen LogP contribution < -0.4 is 10.6 Å². The number of nitrogen functional groups attached to an aromatic ring is 1. The van der Waals surface area contributed by atoms with Gasteiger partial charge in [0.25, 0.3) is 0 Å².